The SMILES string of the molecule is O=[N+]([O-])c1ccc(/C=N\Nc2ccc(S(=O)(=O)[O-])cc2)o1. The fraction of sp³-hybridized carbons (Fsp3) is 0. The van der Waals surface area contributed by atoms with Crippen LogP contribution in [0.15, 0.2) is 50.8 Å². The van der Waals surface area contributed by atoms with E-state index in [-0.39, 0.29) is 10.7 Å². The number of nitrogens with zero attached hydrogens (tertiary/aromatic N) is 2. The molecule has 0 bridgehead atoms. The predicted molar refractivity (Wildman–Crippen MR) is 71.0 cm³/mol. The monoisotopic (exact) mass is 310 g/mol. The van der Waals surface area contributed by atoms with E-state index in [1.807, 2.05) is 0 Å². The molecule has 1 aromatic carbocycles. The van der Waals surface area contributed by atoms with Crippen LogP contribution in [0.1, 0.15) is 5.76 Å². The Hall–Kier alpha value is -2.72. The Kier molecular flexibility index (Phi) is 4.00. The lowest BCUT2D eigenvalue weighted by Gasteiger charge is -2.07. The summed E-state index contributed by atoms with van der Waals surface area (Å²) in [6, 6.07) is 7.54. The van der Waals surface area contributed by atoms with Crippen molar-refractivity contribution in [2.24, 2.45) is 5.10 Å². The van der Waals surface area contributed by atoms with Crippen LogP contribution >= 0.6 is 0 Å². The lowest BCUT2D eigenvalue weighted by molar-refractivity contribution is -0.402. The number of hydrogen-bond donors (Lipinski definition) is 1. The molecule has 10 heteroatoms. The van der Waals surface area contributed by atoms with Gasteiger partial charge >= 0.3 is 5.88 Å². The number of furan rings is 1. The van der Waals surface area contributed by atoms with Crippen LogP contribution < -0.4 is 5.43 Å². The smallest absolute Gasteiger partial charge is 0.433 e. The summed E-state index contributed by atoms with van der Waals surface area (Å²) < 4.78 is 37.0. The van der Waals surface area contributed by atoms with Gasteiger partial charge in [0.2, 0.25) is 0 Å². The van der Waals surface area contributed by atoms with Gasteiger partial charge in [0.15, 0.2) is 5.76 Å². The van der Waals surface area contributed by atoms with Gasteiger partial charge in [0.25, 0.3) is 0 Å². The summed E-state index contributed by atoms with van der Waals surface area (Å²) in [7, 11) is -4.48. The number of nitro groups is 1. The third-order valence-corrected chi connectivity index (χ3v) is 3.17. The molecule has 0 aliphatic carbocycles. The van der Waals surface area contributed by atoms with Gasteiger partial charge in [-0.2, -0.15) is 5.10 Å². The fourth-order valence-corrected chi connectivity index (χ4v) is 1.85. The summed E-state index contributed by atoms with van der Waals surface area (Å²) in [6.07, 6.45) is 1.21. The molecule has 0 atom stereocenters. The van der Waals surface area contributed by atoms with Crippen molar-refractivity contribution in [2.75, 3.05) is 5.43 Å². The van der Waals surface area contributed by atoms with Gasteiger partial charge in [0.1, 0.15) is 15.0 Å². The minimum Gasteiger partial charge on any atom is -0.744 e. The third kappa shape index (κ3) is 3.87. The first-order valence-corrected chi connectivity index (χ1v) is 6.86. The maximum Gasteiger partial charge on any atom is 0.433 e. The van der Waals surface area contributed by atoms with Crippen molar-refractivity contribution < 1.29 is 22.3 Å². The molecule has 0 aliphatic rings. The highest BCUT2D eigenvalue weighted by molar-refractivity contribution is 7.85. The molecule has 0 aliphatic heterocycles. The van der Waals surface area contributed by atoms with Crippen molar-refractivity contribution in [3.05, 3.63) is 52.3 Å². The van der Waals surface area contributed by atoms with Crippen LogP contribution in [0.3, 0.4) is 0 Å². The Morgan fingerprint density at radius 3 is 2.38 bits per heavy atom. The molecule has 0 amide bonds. The van der Waals surface area contributed by atoms with E-state index < -0.39 is 20.9 Å². The molecule has 1 N–H and O–H groups in total. The standard InChI is InChI=1S/C11H9N3O6S/c15-14(16)11-6-3-9(20-11)7-12-13-8-1-4-10(5-2-8)21(17,18)19/h1-7,13H,(H,17,18,19)/p-1/b12-7-. The van der Waals surface area contributed by atoms with Gasteiger partial charge in [-0.05, 0) is 30.3 Å². The average Bonchev–Trinajstić information content (AvgIpc) is 2.87. The number of benzene rings is 1. The quantitative estimate of drug-likeness (QED) is 0.382. The van der Waals surface area contributed by atoms with Crippen LogP contribution in [-0.4, -0.2) is 24.1 Å². The molecule has 2 rings (SSSR count). The molecule has 0 saturated carbocycles. The van der Waals surface area contributed by atoms with E-state index in [4.69, 9.17) is 4.42 Å². The summed E-state index contributed by atoms with van der Waals surface area (Å²) in [5, 5.41) is 14.2. The molecule has 1 aromatic heterocycles. The second kappa shape index (κ2) is 5.73. The first-order valence-electron chi connectivity index (χ1n) is 5.45. The molecule has 0 spiro atoms. The Morgan fingerprint density at radius 2 is 1.86 bits per heavy atom. The highest BCUT2D eigenvalue weighted by Crippen LogP contribution is 2.15. The highest BCUT2D eigenvalue weighted by Gasteiger charge is 2.10. The zero-order valence-corrected chi connectivity index (χ0v) is 11.1. The van der Waals surface area contributed by atoms with Crippen LogP contribution in [0, 0.1) is 10.1 Å². The van der Waals surface area contributed by atoms with Gasteiger partial charge in [-0.15, -0.1) is 0 Å². The fourth-order valence-electron chi connectivity index (χ4n) is 1.38. The van der Waals surface area contributed by atoms with E-state index in [2.05, 4.69) is 10.5 Å². The van der Waals surface area contributed by atoms with Gasteiger partial charge in [-0.25, -0.2) is 8.42 Å². The lowest BCUT2D eigenvalue weighted by atomic mass is 10.3. The molecular formula is C11H8N3O6S-. The van der Waals surface area contributed by atoms with Crippen LogP contribution in [0.5, 0.6) is 0 Å². The van der Waals surface area contributed by atoms with E-state index in [1.165, 1.54) is 30.5 Å². The first kappa shape index (κ1) is 14.7. The van der Waals surface area contributed by atoms with E-state index in [0.717, 1.165) is 12.1 Å². The zero-order valence-electron chi connectivity index (χ0n) is 10.3. The summed E-state index contributed by atoms with van der Waals surface area (Å²) in [4.78, 5) is 9.38. The summed E-state index contributed by atoms with van der Waals surface area (Å²) in [5.41, 5.74) is 2.98. The number of anilines is 1. The Morgan fingerprint density at radius 1 is 1.19 bits per heavy atom. The van der Waals surface area contributed by atoms with E-state index in [1.54, 1.807) is 0 Å². The molecule has 2 aromatic rings. The van der Waals surface area contributed by atoms with Gasteiger partial charge < -0.3 is 8.97 Å². The minimum absolute atomic E-state index is 0.174. The van der Waals surface area contributed by atoms with Crippen molar-refractivity contribution in [3.8, 4) is 0 Å². The second-order valence-corrected chi connectivity index (χ2v) is 5.16. The number of hydrazone groups is 1. The van der Waals surface area contributed by atoms with E-state index in [0.29, 0.717) is 5.69 Å². The average molecular weight is 310 g/mol. The van der Waals surface area contributed by atoms with Crippen molar-refractivity contribution >= 4 is 27.9 Å². The van der Waals surface area contributed by atoms with Gasteiger partial charge in [-0.1, -0.05) is 0 Å². The molecule has 0 fully saturated rings. The number of nitrogens with one attached hydrogen (secondary N) is 1. The predicted octanol–water partition coefficient (Wildman–Crippen LogP) is 1.54. The highest BCUT2D eigenvalue weighted by atomic mass is 32.2. The molecule has 1 heterocycles. The maximum atomic E-state index is 10.7. The largest absolute Gasteiger partial charge is 0.744 e. The van der Waals surface area contributed by atoms with Gasteiger partial charge in [-0.3, -0.25) is 15.5 Å². The van der Waals surface area contributed by atoms with Crippen molar-refractivity contribution in [2.45, 2.75) is 4.90 Å². The van der Waals surface area contributed by atoms with Crippen LogP contribution in [-0.2, 0) is 10.1 Å². The van der Waals surface area contributed by atoms with Crippen LogP contribution in [0.25, 0.3) is 0 Å². The number of rotatable bonds is 5. The summed E-state index contributed by atoms with van der Waals surface area (Å²) >= 11 is 0. The normalized spacial score (nSPS) is 11.7. The summed E-state index contributed by atoms with van der Waals surface area (Å²) in [5.74, 6) is -0.227. The minimum atomic E-state index is -4.48. The first-order chi connectivity index (χ1) is 9.86. The third-order valence-electron chi connectivity index (χ3n) is 2.32. The zero-order chi connectivity index (χ0) is 15.5. The molecule has 110 valence electrons. The Bertz CT molecular complexity index is 779. The molecular weight excluding hydrogens is 302 g/mol. The van der Waals surface area contributed by atoms with Crippen molar-refractivity contribution in [1.82, 2.24) is 0 Å². The molecule has 0 radical (unpaired) electrons. The van der Waals surface area contributed by atoms with Gasteiger partial charge in [0, 0.05) is 0 Å². The van der Waals surface area contributed by atoms with Gasteiger partial charge in [0.05, 0.1) is 22.9 Å². The maximum absolute atomic E-state index is 10.7. The molecule has 0 saturated heterocycles. The topological polar surface area (TPSA) is 138 Å². The molecule has 9 nitrogen and oxygen atoms in total. The van der Waals surface area contributed by atoms with Crippen molar-refractivity contribution in [3.63, 3.8) is 0 Å². The summed E-state index contributed by atoms with van der Waals surface area (Å²) in [6.45, 7) is 0. The Labute approximate surface area is 118 Å². The van der Waals surface area contributed by atoms with Crippen molar-refractivity contribution in [1.29, 1.82) is 0 Å². The van der Waals surface area contributed by atoms with E-state index in [9.17, 15) is 23.1 Å². The van der Waals surface area contributed by atoms with Crippen LogP contribution in [0.2, 0.25) is 0 Å². The Balaban J connectivity index is 2.02. The molecule has 0 unspecified atom stereocenters. The second-order valence-electron chi connectivity index (χ2n) is 3.78. The van der Waals surface area contributed by atoms with E-state index >= 15 is 0 Å². The molecule has 21 heavy (non-hydrogen) atoms. The van der Waals surface area contributed by atoms with Crippen LogP contribution in [0.4, 0.5) is 11.6 Å². The lowest BCUT2D eigenvalue weighted by Crippen LogP contribution is -1.98. The number of hydrogen-bond acceptors (Lipinski definition) is 8.